The lowest BCUT2D eigenvalue weighted by atomic mass is 10.1. The van der Waals surface area contributed by atoms with E-state index in [1.54, 1.807) is 6.20 Å². The van der Waals surface area contributed by atoms with Crippen LogP contribution in [0.4, 0.5) is 0 Å². The van der Waals surface area contributed by atoms with Crippen molar-refractivity contribution in [3.63, 3.8) is 0 Å². The molecular formula is C22H22N2O2. The summed E-state index contributed by atoms with van der Waals surface area (Å²) in [6.45, 7) is 4.48. The topological polar surface area (TPSA) is 51.2 Å². The van der Waals surface area contributed by atoms with Gasteiger partial charge in [-0.3, -0.25) is 4.79 Å². The van der Waals surface area contributed by atoms with Crippen LogP contribution < -0.4 is 10.1 Å². The number of rotatable bonds is 6. The van der Waals surface area contributed by atoms with Crippen LogP contribution in [0.15, 0.2) is 66.9 Å². The van der Waals surface area contributed by atoms with E-state index in [9.17, 15) is 4.79 Å². The Labute approximate surface area is 153 Å². The molecule has 1 heterocycles. The number of amides is 1. The molecule has 3 rings (SSSR count). The fourth-order valence-electron chi connectivity index (χ4n) is 2.55. The van der Waals surface area contributed by atoms with E-state index in [-0.39, 0.29) is 5.91 Å². The van der Waals surface area contributed by atoms with Gasteiger partial charge in [0.05, 0.1) is 6.42 Å². The standard InChI is InChI=1S/C22H22N2O2/c1-16-8-9-17(2)20(12-16)26-22-11-10-19(15-24-22)14-23-21(25)13-18-6-4-3-5-7-18/h3-12,15H,13-14H2,1-2H3,(H,23,25). The normalized spacial score (nSPS) is 10.4. The number of aryl methyl sites for hydroxylation is 2. The van der Waals surface area contributed by atoms with E-state index in [0.717, 1.165) is 28.0 Å². The Morgan fingerprint density at radius 1 is 1.00 bits per heavy atom. The number of hydrogen-bond acceptors (Lipinski definition) is 3. The molecule has 0 aliphatic heterocycles. The molecule has 0 saturated carbocycles. The van der Waals surface area contributed by atoms with Gasteiger partial charge in [0.15, 0.2) is 0 Å². The first-order valence-corrected chi connectivity index (χ1v) is 8.61. The SMILES string of the molecule is Cc1ccc(C)c(Oc2ccc(CNC(=O)Cc3ccccc3)cn2)c1. The average molecular weight is 346 g/mol. The highest BCUT2D eigenvalue weighted by atomic mass is 16.5. The predicted molar refractivity (Wildman–Crippen MR) is 102 cm³/mol. The Morgan fingerprint density at radius 2 is 1.81 bits per heavy atom. The van der Waals surface area contributed by atoms with E-state index in [1.807, 2.05) is 68.4 Å². The summed E-state index contributed by atoms with van der Waals surface area (Å²) in [6, 6.07) is 19.5. The van der Waals surface area contributed by atoms with Gasteiger partial charge >= 0.3 is 0 Å². The maximum Gasteiger partial charge on any atom is 0.224 e. The maximum absolute atomic E-state index is 12.0. The monoisotopic (exact) mass is 346 g/mol. The number of carbonyl (C=O) groups excluding carboxylic acids is 1. The molecule has 26 heavy (non-hydrogen) atoms. The van der Waals surface area contributed by atoms with Crippen LogP contribution in [-0.2, 0) is 17.8 Å². The molecule has 4 heteroatoms. The highest BCUT2D eigenvalue weighted by Gasteiger charge is 2.05. The number of pyridine rings is 1. The smallest absolute Gasteiger partial charge is 0.224 e. The predicted octanol–water partition coefficient (Wildman–Crippen LogP) is 4.35. The van der Waals surface area contributed by atoms with Gasteiger partial charge < -0.3 is 10.1 Å². The van der Waals surface area contributed by atoms with Crippen molar-refractivity contribution in [3.8, 4) is 11.6 Å². The molecule has 0 spiro atoms. The number of nitrogens with one attached hydrogen (secondary N) is 1. The Balaban J connectivity index is 1.54. The zero-order valence-corrected chi connectivity index (χ0v) is 15.0. The van der Waals surface area contributed by atoms with Crippen LogP contribution in [-0.4, -0.2) is 10.9 Å². The molecule has 0 fully saturated rings. The molecule has 0 atom stereocenters. The lowest BCUT2D eigenvalue weighted by Crippen LogP contribution is -2.24. The number of aromatic nitrogens is 1. The molecular weight excluding hydrogens is 324 g/mol. The van der Waals surface area contributed by atoms with E-state index in [4.69, 9.17) is 4.74 Å². The van der Waals surface area contributed by atoms with Gasteiger partial charge in [0.1, 0.15) is 5.75 Å². The number of hydrogen-bond donors (Lipinski definition) is 1. The Hall–Kier alpha value is -3.14. The molecule has 2 aromatic carbocycles. The Bertz CT molecular complexity index is 874. The minimum Gasteiger partial charge on any atom is -0.439 e. The van der Waals surface area contributed by atoms with E-state index < -0.39 is 0 Å². The van der Waals surface area contributed by atoms with Crippen molar-refractivity contribution in [3.05, 3.63) is 89.1 Å². The van der Waals surface area contributed by atoms with Crippen molar-refractivity contribution in [2.75, 3.05) is 0 Å². The van der Waals surface area contributed by atoms with Gasteiger partial charge in [0.2, 0.25) is 11.8 Å². The molecule has 1 N–H and O–H groups in total. The minimum absolute atomic E-state index is 0.00749. The molecule has 0 unspecified atom stereocenters. The first-order valence-electron chi connectivity index (χ1n) is 8.61. The number of carbonyl (C=O) groups is 1. The van der Waals surface area contributed by atoms with E-state index in [2.05, 4.69) is 16.4 Å². The summed E-state index contributed by atoms with van der Waals surface area (Å²) >= 11 is 0. The second kappa shape index (κ2) is 8.30. The molecule has 0 radical (unpaired) electrons. The minimum atomic E-state index is -0.00749. The lowest BCUT2D eigenvalue weighted by molar-refractivity contribution is -0.120. The fourth-order valence-corrected chi connectivity index (χ4v) is 2.55. The van der Waals surface area contributed by atoms with Crippen LogP contribution in [0, 0.1) is 13.8 Å². The fraction of sp³-hybridized carbons (Fsp3) is 0.182. The Morgan fingerprint density at radius 3 is 2.54 bits per heavy atom. The first-order chi connectivity index (χ1) is 12.6. The molecule has 4 nitrogen and oxygen atoms in total. The highest BCUT2D eigenvalue weighted by molar-refractivity contribution is 5.78. The second-order valence-electron chi connectivity index (χ2n) is 6.31. The molecule has 1 amide bonds. The molecule has 0 saturated heterocycles. The molecule has 0 aliphatic carbocycles. The van der Waals surface area contributed by atoms with Gasteiger partial charge in [-0.05, 0) is 42.2 Å². The Kier molecular flexibility index (Phi) is 5.64. The molecule has 1 aromatic heterocycles. The van der Waals surface area contributed by atoms with Gasteiger partial charge in [0, 0.05) is 18.8 Å². The lowest BCUT2D eigenvalue weighted by Gasteiger charge is -2.10. The van der Waals surface area contributed by atoms with E-state index in [1.165, 1.54) is 0 Å². The summed E-state index contributed by atoms with van der Waals surface area (Å²) in [4.78, 5) is 16.3. The summed E-state index contributed by atoms with van der Waals surface area (Å²) in [6.07, 6.45) is 2.10. The van der Waals surface area contributed by atoms with E-state index >= 15 is 0 Å². The molecule has 3 aromatic rings. The summed E-state index contributed by atoms with van der Waals surface area (Å²) in [5.74, 6) is 1.34. The first kappa shape index (κ1) is 17.7. The number of nitrogens with zero attached hydrogens (tertiary/aromatic N) is 1. The van der Waals surface area contributed by atoms with Gasteiger partial charge in [-0.1, -0.05) is 48.5 Å². The maximum atomic E-state index is 12.0. The molecule has 0 aliphatic rings. The van der Waals surface area contributed by atoms with Crippen LogP contribution in [0.2, 0.25) is 0 Å². The molecule has 0 bridgehead atoms. The van der Waals surface area contributed by atoms with Crippen molar-refractivity contribution in [1.82, 2.24) is 10.3 Å². The number of benzene rings is 2. The third-order valence-corrected chi connectivity index (χ3v) is 4.05. The van der Waals surface area contributed by atoms with Crippen molar-refractivity contribution in [2.45, 2.75) is 26.8 Å². The van der Waals surface area contributed by atoms with Crippen molar-refractivity contribution >= 4 is 5.91 Å². The van der Waals surface area contributed by atoms with Gasteiger partial charge in [-0.15, -0.1) is 0 Å². The number of ether oxygens (including phenoxy) is 1. The summed E-state index contributed by atoms with van der Waals surface area (Å²) in [7, 11) is 0. The van der Waals surface area contributed by atoms with Crippen LogP contribution in [0.3, 0.4) is 0 Å². The molecule has 132 valence electrons. The van der Waals surface area contributed by atoms with Crippen LogP contribution in [0.1, 0.15) is 22.3 Å². The van der Waals surface area contributed by atoms with Gasteiger partial charge in [0.25, 0.3) is 0 Å². The van der Waals surface area contributed by atoms with Crippen LogP contribution in [0.25, 0.3) is 0 Å². The van der Waals surface area contributed by atoms with E-state index in [0.29, 0.717) is 18.8 Å². The van der Waals surface area contributed by atoms with Crippen molar-refractivity contribution in [2.24, 2.45) is 0 Å². The summed E-state index contributed by atoms with van der Waals surface area (Å²) in [5.41, 5.74) is 4.14. The second-order valence-corrected chi connectivity index (χ2v) is 6.31. The van der Waals surface area contributed by atoms with Gasteiger partial charge in [-0.25, -0.2) is 4.98 Å². The third-order valence-electron chi connectivity index (χ3n) is 4.05. The zero-order chi connectivity index (χ0) is 18.4. The van der Waals surface area contributed by atoms with Crippen LogP contribution >= 0.6 is 0 Å². The quantitative estimate of drug-likeness (QED) is 0.722. The third kappa shape index (κ3) is 4.93. The van der Waals surface area contributed by atoms with Crippen LogP contribution in [0.5, 0.6) is 11.6 Å². The summed E-state index contributed by atoms with van der Waals surface area (Å²) in [5, 5.41) is 2.91. The van der Waals surface area contributed by atoms with Crippen molar-refractivity contribution in [1.29, 1.82) is 0 Å². The largest absolute Gasteiger partial charge is 0.439 e. The van der Waals surface area contributed by atoms with Gasteiger partial charge in [-0.2, -0.15) is 0 Å². The zero-order valence-electron chi connectivity index (χ0n) is 15.0. The highest BCUT2D eigenvalue weighted by Crippen LogP contribution is 2.24. The average Bonchev–Trinajstić information content (AvgIpc) is 2.65. The van der Waals surface area contributed by atoms with Crippen molar-refractivity contribution < 1.29 is 9.53 Å². The summed E-state index contributed by atoms with van der Waals surface area (Å²) < 4.78 is 5.85.